The topological polar surface area (TPSA) is 30.5 Å². The zero-order valence-corrected chi connectivity index (χ0v) is 10.5. The van der Waals surface area contributed by atoms with Crippen molar-refractivity contribution in [2.24, 2.45) is 0 Å². The van der Waals surface area contributed by atoms with Gasteiger partial charge in [0.25, 0.3) is 0 Å². The molecule has 0 saturated carbocycles. The van der Waals surface area contributed by atoms with Gasteiger partial charge in [0.05, 0.1) is 0 Å². The van der Waals surface area contributed by atoms with E-state index >= 15 is 0 Å². The number of benzene rings is 1. The highest BCUT2D eigenvalue weighted by atomic mass is 35.5. The highest BCUT2D eigenvalue weighted by Crippen LogP contribution is 2.32. The highest BCUT2D eigenvalue weighted by molar-refractivity contribution is 5.85. The maximum absolute atomic E-state index is 5.35. The van der Waals surface area contributed by atoms with Crippen LogP contribution in [-0.2, 0) is 6.42 Å². The van der Waals surface area contributed by atoms with Crippen molar-refractivity contribution >= 4 is 12.4 Å². The highest BCUT2D eigenvalue weighted by Gasteiger charge is 2.14. The van der Waals surface area contributed by atoms with Gasteiger partial charge in [-0.2, -0.15) is 0 Å². The Hall–Kier alpha value is -0.930. The maximum atomic E-state index is 5.35. The molecular formula is C12H18ClNO2. The van der Waals surface area contributed by atoms with Crippen LogP contribution in [-0.4, -0.2) is 19.9 Å². The van der Waals surface area contributed by atoms with Gasteiger partial charge in [0.2, 0.25) is 6.79 Å². The second-order valence-corrected chi connectivity index (χ2v) is 3.79. The third-order valence-corrected chi connectivity index (χ3v) is 2.82. The van der Waals surface area contributed by atoms with Crippen molar-refractivity contribution in [2.75, 3.05) is 13.8 Å². The lowest BCUT2D eigenvalue weighted by molar-refractivity contribution is 0.174. The fourth-order valence-corrected chi connectivity index (χ4v) is 1.80. The number of nitrogens with one attached hydrogen (secondary N) is 1. The fraction of sp³-hybridized carbons (Fsp3) is 0.500. The van der Waals surface area contributed by atoms with E-state index in [1.54, 1.807) is 0 Å². The zero-order chi connectivity index (χ0) is 10.7. The molecule has 90 valence electrons. The Morgan fingerprint density at radius 3 is 2.75 bits per heavy atom. The number of halogens is 1. The summed E-state index contributed by atoms with van der Waals surface area (Å²) in [7, 11) is 2.00. The lowest BCUT2D eigenvalue weighted by Gasteiger charge is -2.13. The van der Waals surface area contributed by atoms with E-state index in [0.29, 0.717) is 12.8 Å². The molecule has 1 aliphatic heterocycles. The Labute approximate surface area is 103 Å². The Morgan fingerprint density at radius 2 is 2.06 bits per heavy atom. The molecule has 0 saturated heterocycles. The summed E-state index contributed by atoms with van der Waals surface area (Å²) in [5, 5.41) is 3.30. The van der Waals surface area contributed by atoms with Gasteiger partial charge < -0.3 is 14.8 Å². The molecule has 4 heteroatoms. The summed E-state index contributed by atoms with van der Waals surface area (Å²) >= 11 is 0. The average molecular weight is 244 g/mol. The Balaban J connectivity index is 0.00000128. The quantitative estimate of drug-likeness (QED) is 0.881. The Kier molecular flexibility index (Phi) is 4.90. The van der Waals surface area contributed by atoms with Crippen LogP contribution in [0.2, 0.25) is 0 Å². The smallest absolute Gasteiger partial charge is 0.231 e. The molecule has 0 radical (unpaired) electrons. The van der Waals surface area contributed by atoms with Crippen molar-refractivity contribution in [3.63, 3.8) is 0 Å². The molecule has 0 unspecified atom stereocenters. The van der Waals surface area contributed by atoms with Gasteiger partial charge in [-0.05, 0) is 37.6 Å². The predicted molar refractivity (Wildman–Crippen MR) is 66.7 cm³/mol. The lowest BCUT2D eigenvalue weighted by Crippen LogP contribution is -2.26. The Bertz CT molecular complexity index is 340. The molecule has 0 aliphatic carbocycles. The first-order valence-corrected chi connectivity index (χ1v) is 5.39. The van der Waals surface area contributed by atoms with Crippen LogP contribution in [0, 0.1) is 0 Å². The van der Waals surface area contributed by atoms with E-state index in [2.05, 4.69) is 24.4 Å². The van der Waals surface area contributed by atoms with Crippen molar-refractivity contribution in [3.8, 4) is 11.5 Å². The number of hydrogen-bond acceptors (Lipinski definition) is 3. The molecule has 2 rings (SSSR count). The SMILES string of the molecule is CC[C@@H](Cc1ccc2c(c1)OCO2)NC.Cl. The average Bonchev–Trinajstić information content (AvgIpc) is 2.73. The van der Waals surface area contributed by atoms with Crippen molar-refractivity contribution in [2.45, 2.75) is 25.8 Å². The zero-order valence-electron chi connectivity index (χ0n) is 9.66. The number of likely N-dealkylation sites (N-methyl/N-ethyl adjacent to an activating group) is 1. The van der Waals surface area contributed by atoms with Crippen molar-refractivity contribution < 1.29 is 9.47 Å². The van der Waals surface area contributed by atoms with Gasteiger partial charge in [-0.25, -0.2) is 0 Å². The first kappa shape index (κ1) is 13.1. The fourth-order valence-electron chi connectivity index (χ4n) is 1.80. The maximum Gasteiger partial charge on any atom is 0.231 e. The van der Waals surface area contributed by atoms with Gasteiger partial charge in [0.15, 0.2) is 11.5 Å². The van der Waals surface area contributed by atoms with Gasteiger partial charge in [0, 0.05) is 6.04 Å². The molecule has 0 spiro atoms. The van der Waals surface area contributed by atoms with E-state index < -0.39 is 0 Å². The number of fused-ring (bicyclic) bond motifs is 1. The molecule has 0 aromatic heterocycles. The second kappa shape index (κ2) is 5.97. The first-order chi connectivity index (χ1) is 7.33. The molecule has 1 aliphatic rings. The molecule has 3 nitrogen and oxygen atoms in total. The molecule has 1 aromatic rings. The van der Waals surface area contributed by atoms with Crippen molar-refractivity contribution in [3.05, 3.63) is 23.8 Å². The van der Waals surface area contributed by atoms with Gasteiger partial charge in [-0.1, -0.05) is 13.0 Å². The third-order valence-electron chi connectivity index (χ3n) is 2.82. The molecule has 16 heavy (non-hydrogen) atoms. The minimum atomic E-state index is 0. The minimum absolute atomic E-state index is 0. The number of rotatable bonds is 4. The third kappa shape index (κ3) is 2.80. The van der Waals surface area contributed by atoms with Crippen LogP contribution in [0.1, 0.15) is 18.9 Å². The molecule has 0 amide bonds. The van der Waals surface area contributed by atoms with E-state index in [0.717, 1.165) is 24.3 Å². The van der Waals surface area contributed by atoms with E-state index in [9.17, 15) is 0 Å². The second-order valence-electron chi connectivity index (χ2n) is 3.79. The monoisotopic (exact) mass is 243 g/mol. The summed E-state index contributed by atoms with van der Waals surface area (Å²) in [6.45, 7) is 2.54. The summed E-state index contributed by atoms with van der Waals surface area (Å²) < 4.78 is 10.6. The molecule has 1 atom stereocenters. The van der Waals surface area contributed by atoms with Gasteiger partial charge >= 0.3 is 0 Å². The molecular weight excluding hydrogens is 226 g/mol. The van der Waals surface area contributed by atoms with Crippen LogP contribution in [0.3, 0.4) is 0 Å². The van der Waals surface area contributed by atoms with Crippen molar-refractivity contribution in [1.82, 2.24) is 5.32 Å². The molecule has 0 fully saturated rings. The van der Waals surface area contributed by atoms with Crippen LogP contribution >= 0.6 is 12.4 Å². The van der Waals surface area contributed by atoms with E-state index in [-0.39, 0.29) is 12.4 Å². The van der Waals surface area contributed by atoms with Crippen molar-refractivity contribution in [1.29, 1.82) is 0 Å². The molecule has 1 aromatic carbocycles. The predicted octanol–water partition coefficient (Wildman–Crippen LogP) is 2.38. The number of ether oxygens (including phenoxy) is 2. The minimum Gasteiger partial charge on any atom is -0.454 e. The standard InChI is InChI=1S/C12H17NO2.ClH/c1-3-10(13-2)6-9-4-5-11-12(7-9)15-8-14-11;/h4-5,7,10,13H,3,6,8H2,1-2H3;1H/t10-;/m0./s1. The van der Waals surface area contributed by atoms with Crippen LogP contribution in [0.5, 0.6) is 11.5 Å². The Morgan fingerprint density at radius 1 is 1.31 bits per heavy atom. The van der Waals surface area contributed by atoms with Crippen LogP contribution < -0.4 is 14.8 Å². The van der Waals surface area contributed by atoms with Gasteiger partial charge in [-0.15, -0.1) is 12.4 Å². The summed E-state index contributed by atoms with van der Waals surface area (Å²) in [5.74, 6) is 1.73. The van der Waals surface area contributed by atoms with Gasteiger partial charge in [0.1, 0.15) is 0 Å². The largest absolute Gasteiger partial charge is 0.454 e. The molecule has 1 N–H and O–H groups in total. The van der Waals surface area contributed by atoms with Crippen LogP contribution in [0.4, 0.5) is 0 Å². The van der Waals surface area contributed by atoms with E-state index in [1.165, 1.54) is 5.56 Å². The summed E-state index contributed by atoms with van der Waals surface area (Å²) in [6, 6.07) is 6.70. The van der Waals surface area contributed by atoms with E-state index in [1.807, 2.05) is 13.1 Å². The first-order valence-electron chi connectivity index (χ1n) is 5.39. The van der Waals surface area contributed by atoms with Crippen LogP contribution in [0.25, 0.3) is 0 Å². The summed E-state index contributed by atoms with van der Waals surface area (Å²) in [4.78, 5) is 0. The number of hydrogen-bond donors (Lipinski definition) is 1. The summed E-state index contributed by atoms with van der Waals surface area (Å²) in [6.07, 6.45) is 2.16. The normalized spacial score (nSPS) is 14.4. The summed E-state index contributed by atoms with van der Waals surface area (Å²) in [5.41, 5.74) is 1.29. The molecule has 0 bridgehead atoms. The van der Waals surface area contributed by atoms with Gasteiger partial charge in [-0.3, -0.25) is 0 Å². The van der Waals surface area contributed by atoms with E-state index in [4.69, 9.17) is 9.47 Å². The molecule has 1 heterocycles. The van der Waals surface area contributed by atoms with Crippen LogP contribution in [0.15, 0.2) is 18.2 Å². The lowest BCUT2D eigenvalue weighted by atomic mass is 10.0.